The molecule has 0 aliphatic rings. The van der Waals surface area contributed by atoms with Crippen molar-refractivity contribution in [3.05, 3.63) is 70.7 Å². The molecule has 0 aliphatic heterocycles. The lowest BCUT2D eigenvalue weighted by molar-refractivity contribution is -0.123. The van der Waals surface area contributed by atoms with Gasteiger partial charge in [-0.05, 0) is 47.5 Å². The van der Waals surface area contributed by atoms with Crippen LogP contribution < -0.4 is 10.2 Å². The molecule has 0 bridgehead atoms. The first-order valence-electron chi connectivity index (χ1n) is 7.96. The molecule has 0 aromatic heterocycles. The normalized spacial score (nSPS) is 11.0. The second-order valence-corrected chi connectivity index (χ2v) is 6.12. The largest absolute Gasteiger partial charge is 0.507 e. The maximum atomic E-state index is 11.9. The van der Waals surface area contributed by atoms with E-state index in [1.54, 1.807) is 24.3 Å². The zero-order valence-electron chi connectivity index (χ0n) is 14.1. The molecule has 3 aromatic rings. The second-order valence-electron chi connectivity index (χ2n) is 5.71. The molecule has 3 rings (SSSR count). The highest BCUT2D eigenvalue weighted by atomic mass is 35.5. The number of rotatable bonds is 5. The highest BCUT2D eigenvalue weighted by Crippen LogP contribution is 2.25. The fourth-order valence-corrected chi connectivity index (χ4v) is 2.59. The molecule has 1 amide bonds. The molecule has 0 unspecified atom stereocenters. The SMILES string of the molecule is Cc1cc(OCC(=O)N/N=C/c2c(O)ccc3ccccc23)ccc1Cl. The number of fused-ring (bicyclic) bond motifs is 1. The lowest BCUT2D eigenvalue weighted by atomic mass is 10.0. The van der Waals surface area contributed by atoms with E-state index in [2.05, 4.69) is 10.5 Å². The van der Waals surface area contributed by atoms with Crippen LogP contribution in [-0.2, 0) is 4.79 Å². The van der Waals surface area contributed by atoms with Crippen LogP contribution >= 0.6 is 11.6 Å². The number of ether oxygens (including phenoxy) is 1. The number of aryl methyl sites for hydroxylation is 1. The van der Waals surface area contributed by atoms with Crippen molar-refractivity contribution in [2.24, 2.45) is 5.10 Å². The smallest absolute Gasteiger partial charge is 0.277 e. The summed E-state index contributed by atoms with van der Waals surface area (Å²) in [5.41, 5.74) is 3.80. The Labute approximate surface area is 155 Å². The molecular formula is C20H17ClN2O3. The van der Waals surface area contributed by atoms with Gasteiger partial charge in [-0.25, -0.2) is 5.43 Å². The van der Waals surface area contributed by atoms with Gasteiger partial charge in [-0.15, -0.1) is 0 Å². The molecule has 0 aliphatic carbocycles. The van der Waals surface area contributed by atoms with Crippen LogP contribution in [0.3, 0.4) is 0 Å². The van der Waals surface area contributed by atoms with Crippen molar-refractivity contribution in [1.29, 1.82) is 0 Å². The van der Waals surface area contributed by atoms with Gasteiger partial charge in [-0.1, -0.05) is 41.9 Å². The molecule has 0 saturated heterocycles. The quantitative estimate of drug-likeness (QED) is 0.527. The van der Waals surface area contributed by atoms with E-state index in [1.165, 1.54) is 6.21 Å². The van der Waals surface area contributed by atoms with Crippen molar-refractivity contribution in [3.63, 3.8) is 0 Å². The summed E-state index contributed by atoms with van der Waals surface area (Å²) in [4.78, 5) is 11.9. The van der Waals surface area contributed by atoms with Crippen LogP contribution in [0.4, 0.5) is 0 Å². The summed E-state index contributed by atoms with van der Waals surface area (Å²) in [6, 6.07) is 16.2. The average molecular weight is 369 g/mol. The first-order chi connectivity index (χ1) is 12.5. The molecule has 0 fully saturated rings. The van der Waals surface area contributed by atoms with Gasteiger partial charge in [0, 0.05) is 10.6 Å². The number of phenols is 1. The Morgan fingerprint density at radius 2 is 2.04 bits per heavy atom. The van der Waals surface area contributed by atoms with Crippen LogP contribution in [0.2, 0.25) is 5.02 Å². The Hall–Kier alpha value is -3.05. The molecule has 132 valence electrons. The number of halogens is 1. The van der Waals surface area contributed by atoms with Crippen molar-refractivity contribution >= 4 is 34.5 Å². The summed E-state index contributed by atoms with van der Waals surface area (Å²) in [5.74, 6) is 0.237. The minimum atomic E-state index is -0.409. The van der Waals surface area contributed by atoms with Gasteiger partial charge in [0.15, 0.2) is 6.61 Å². The number of benzene rings is 3. The summed E-state index contributed by atoms with van der Waals surface area (Å²) < 4.78 is 5.41. The summed E-state index contributed by atoms with van der Waals surface area (Å²) in [5, 5.41) is 16.4. The minimum absolute atomic E-state index is 0.0922. The number of hydrogen-bond donors (Lipinski definition) is 2. The van der Waals surface area contributed by atoms with Gasteiger partial charge in [0.2, 0.25) is 0 Å². The van der Waals surface area contributed by atoms with Crippen molar-refractivity contribution < 1.29 is 14.6 Å². The number of nitrogens with one attached hydrogen (secondary N) is 1. The third-order valence-corrected chi connectivity index (χ3v) is 4.25. The number of hydrogen-bond acceptors (Lipinski definition) is 4. The predicted octanol–water partition coefficient (Wildman–Crippen LogP) is 4.04. The van der Waals surface area contributed by atoms with Gasteiger partial charge in [0.1, 0.15) is 11.5 Å². The fraction of sp³-hybridized carbons (Fsp3) is 0.100. The number of nitrogens with zero attached hydrogens (tertiary/aromatic N) is 1. The second kappa shape index (κ2) is 7.89. The Morgan fingerprint density at radius 3 is 2.85 bits per heavy atom. The van der Waals surface area contributed by atoms with E-state index in [9.17, 15) is 9.90 Å². The molecule has 0 radical (unpaired) electrons. The maximum absolute atomic E-state index is 11.9. The minimum Gasteiger partial charge on any atom is -0.507 e. The number of phenolic OH excluding ortho intramolecular Hbond substituents is 1. The van der Waals surface area contributed by atoms with Gasteiger partial charge in [-0.2, -0.15) is 5.10 Å². The Morgan fingerprint density at radius 1 is 1.23 bits per heavy atom. The molecule has 6 heteroatoms. The number of amides is 1. The zero-order chi connectivity index (χ0) is 18.5. The van der Waals surface area contributed by atoms with E-state index < -0.39 is 5.91 Å². The zero-order valence-corrected chi connectivity index (χ0v) is 14.8. The monoisotopic (exact) mass is 368 g/mol. The van der Waals surface area contributed by atoms with E-state index >= 15 is 0 Å². The van der Waals surface area contributed by atoms with Gasteiger partial charge >= 0.3 is 0 Å². The van der Waals surface area contributed by atoms with E-state index in [-0.39, 0.29) is 12.4 Å². The van der Waals surface area contributed by atoms with Crippen LogP contribution in [0.25, 0.3) is 10.8 Å². The lowest BCUT2D eigenvalue weighted by Crippen LogP contribution is -2.24. The summed E-state index contributed by atoms with van der Waals surface area (Å²) >= 11 is 5.95. The average Bonchev–Trinajstić information content (AvgIpc) is 2.64. The van der Waals surface area contributed by atoms with E-state index in [1.807, 2.05) is 37.3 Å². The van der Waals surface area contributed by atoms with Crippen LogP contribution in [-0.4, -0.2) is 23.8 Å². The molecule has 5 nitrogen and oxygen atoms in total. The molecule has 2 N–H and O–H groups in total. The standard InChI is InChI=1S/C20H17ClN2O3/c1-13-10-15(7-8-18(13)21)26-12-20(25)23-22-11-17-16-5-3-2-4-14(16)6-9-19(17)24/h2-11,24H,12H2,1H3,(H,23,25)/b22-11+. The molecule has 0 heterocycles. The Bertz CT molecular complexity index is 986. The van der Waals surface area contributed by atoms with E-state index in [0.717, 1.165) is 16.3 Å². The highest BCUT2D eigenvalue weighted by Gasteiger charge is 2.06. The van der Waals surface area contributed by atoms with Crippen LogP contribution in [0.5, 0.6) is 11.5 Å². The molecule has 0 spiro atoms. The molecule has 26 heavy (non-hydrogen) atoms. The van der Waals surface area contributed by atoms with E-state index in [4.69, 9.17) is 16.3 Å². The summed E-state index contributed by atoms with van der Waals surface area (Å²) in [7, 11) is 0. The van der Waals surface area contributed by atoms with Crippen molar-refractivity contribution in [2.45, 2.75) is 6.92 Å². The summed E-state index contributed by atoms with van der Waals surface area (Å²) in [6.45, 7) is 1.68. The van der Waals surface area contributed by atoms with Crippen molar-refractivity contribution in [2.75, 3.05) is 6.61 Å². The van der Waals surface area contributed by atoms with Crippen molar-refractivity contribution in [3.8, 4) is 11.5 Å². The molecular weight excluding hydrogens is 352 g/mol. The topological polar surface area (TPSA) is 70.9 Å². The maximum Gasteiger partial charge on any atom is 0.277 e. The van der Waals surface area contributed by atoms with E-state index in [0.29, 0.717) is 16.3 Å². The van der Waals surface area contributed by atoms with Gasteiger partial charge < -0.3 is 9.84 Å². The summed E-state index contributed by atoms with van der Waals surface area (Å²) in [6.07, 6.45) is 1.42. The van der Waals surface area contributed by atoms with Crippen LogP contribution in [0.15, 0.2) is 59.7 Å². The highest BCUT2D eigenvalue weighted by molar-refractivity contribution is 6.31. The molecule has 3 aromatic carbocycles. The number of carbonyl (C=O) groups excluding carboxylic acids is 1. The first-order valence-corrected chi connectivity index (χ1v) is 8.34. The Balaban J connectivity index is 1.62. The first kappa shape index (κ1) is 17.8. The number of hydrazone groups is 1. The lowest BCUT2D eigenvalue weighted by Gasteiger charge is -2.07. The number of carbonyl (C=O) groups is 1. The predicted molar refractivity (Wildman–Crippen MR) is 103 cm³/mol. The third-order valence-electron chi connectivity index (χ3n) is 3.83. The molecule has 0 atom stereocenters. The number of aromatic hydroxyl groups is 1. The third kappa shape index (κ3) is 4.13. The van der Waals surface area contributed by atoms with Gasteiger partial charge in [-0.3, -0.25) is 4.79 Å². The molecule has 0 saturated carbocycles. The Kier molecular flexibility index (Phi) is 5.39. The van der Waals surface area contributed by atoms with Gasteiger partial charge in [0.25, 0.3) is 5.91 Å². The van der Waals surface area contributed by atoms with Crippen molar-refractivity contribution in [1.82, 2.24) is 5.43 Å². The fourth-order valence-electron chi connectivity index (χ4n) is 2.48. The van der Waals surface area contributed by atoms with Crippen LogP contribution in [0, 0.1) is 6.92 Å². The van der Waals surface area contributed by atoms with Crippen LogP contribution in [0.1, 0.15) is 11.1 Å². The van der Waals surface area contributed by atoms with Gasteiger partial charge in [0.05, 0.1) is 6.21 Å².